The van der Waals surface area contributed by atoms with Gasteiger partial charge < -0.3 is 4.90 Å². The molecule has 0 aromatic rings. The third-order valence-electron chi connectivity index (χ3n) is 2.44. The van der Waals surface area contributed by atoms with Crippen molar-refractivity contribution in [1.29, 1.82) is 0 Å². The summed E-state index contributed by atoms with van der Waals surface area (Å²) in [7, 11) is 0. The molecule has 0 atom stereocenters. The van der Waals surface area contributed by atoms with Crippen LogP contribution in [0.25, 0.3) is 0 Å². The Labute approximate surface area is 86.3 Å². The first-order valence-electron chi connectivity index (χ1n) is 5.17. The molecule has 0 N–H and O–H groups in total. The number of rotatable bonds is 4. The minimum absolute atomic E-state index is 0.869. The summed E-state index contributed by atoms with van der Waals surface area (Å²) in [6.07, 6.45) is 10.8. The number of terminal acetylenes is 1. The second-order valence-electron chi connectivity index (χ2n) is 3.51. The molecule has 0 unspecified atom stereocenters. The number of hydrogen-bond donors (Lipinski definition) is 0. The van der Waals surface area contributed by atoms with Crippen LogP contribution in [-0.2, 0) is 0 Å². The van der Waals surface area contributed by atoms with Gasteiger partial charge in [0.1, 0.15) is 0 Å². The van der Waals surface area contributed by atoms with E-state index in [1.54, 1.807) is 0 Å². The van der Waals surface area contributed by atoms with Crippen LogP contribution in [0.4, 0.5) is 0 Å². The van der Waals surface area contributed by atoms with Gasteiger partial charge in [-0.05, 0) is 25.9 Å². The molecule has 1 saturated heterocycles. The van der Waals surface area contributed by atoms with Gasteiger partial charge in [0.15, 0.2) is 0 Å². The second-order valence-corrected chi connectivity index (χ2v) is 4.62. The van der Waals surface area contributed by atoms with Gasteiger partial charge in [0.05, 0.1) is 5.75 Å². The lowest BCUT2D eigenvalue weighted by molar-refractivity contribution is 0.303. The number of thioether (sulfide) groups is 1. The summed E-state index contributed by atoms with van der Waals surface area (Å²) in [5, 5.41) is 0. The van der Waals surface area contributed by atoms with Crippen LogP contribution >= 0.6 is 11.8 Å². The molecule has 13 heavy (non-hydrogen) atoms. The maximum Gasteiger partial charge on any atom is 0.0545 e. The Kier molecular flexibility index (Phi) is 6.14. The van der Waals surface area contributed by atoms with Crippen LogP contribution in [0.3, 0.4) is 0 Å². The van der Waals surface area contributed by atoms with Crippen LogP contribution in [0.2, 0.25) is 0 Å². The van der Waals surface area contributed by atoms with E-state index < -0.39 is 0 Å². The van der Waals surface area contributed by atoms with E-state index in [1.807, 2.05) is 11.8 Å². The summed E-state index contributed by atoms with van der Waals surface area (Å²) in [6.45, 7) is 3.83. The lowest BCUT2D eigenvalue weighted by Crippen LogP contribution is -2.27. The lowest BCUT2D eigenvalue weighted by atomic mass is 10.2. The molecule has 1 aliphatic rings. The van der Waals surface area contributed by atoms with Crippen LogP contribution in [0, 0.1) is 12.3 Å². The topological polar surface area (TPSA) is 3.24 Å². The average molecular weight is 197 g/mol. The van der Waals surface area contributed by atoms with Crippen molar-refractivity contribution >= 4 is 11.8 Å². The normalized spacial score (nSPS) is 19.3. The predicted molar refractivity (Wildman–Crippen MR) is 61.1 cm³/mol. The monoisotopic (exact) mass is 197 g/mol. The first kappa shape index (κ1) is 10.9. The molecule has 1 rings (SSSR count). The van der Waals surface area contributed by atoms with E-state index in [1.165, 1.54) is 51.1 Å². The van der Waals surface area contributed by atoms with E-state index in [-0.39, 0.29) is 0 Å². The first-order chi connectivity index (χ1) is 6.43. The standard InChI is InChI=1S/C11H19NS/c1-2-10-13-11-9-12-7-5-3-4-6-8-12/h1H,3-11H2. The Morgan fingerprint density at radius 1 is 1.15 bits per heavy atom. The van der Waals surface area contributed by atoms with Gasteiger partial charge in [0, 0.05) is 12.3 Å². The van der Waals surface area contributed by atoms with Crippen molar-refractivity contribution in [3.05, 3.63) is 0 Å². The summed E-state index contributed by atoms with van der Waals surface area (Å²) in [6, 6.07) is 0. The van der Waals surface area contributed by atoms with Crippen molar-refractivity contribution in [1.82, 2.24) is 4.90 Å². The van der Waals surface area contributed by atoms with E-state index in [2.05, 4.69) is 10.8 Å². The van der Waals surface area contributed by atoms with Gasteiger partial charge in [0.25, 0.3) is 0 Å². The molecule has 1 aliphatic heterocycles. The third-order valence-corrected chi connectivity index (χ3v) is 3.28. The molecule has 0 aromatic carbocycles. The zero-order valence-corrected chi connectivity index (χ0v) is 9.11. The lowest BCUT2D eigenvalue weighted by Gasteiger charge is -2.18. The molecule has 1 fully saturated rings. The fourth-order valence-electron chi connectivity index (χ4n) is 1.68. The summed E-state index contributed by atoms with van der Waals surface area (Å²) in [4.78, 5) is 2.58. The molecule has 0 spiro atoms. The molecule has 0 bridgehead atoms. The maximum atomic E-state index is 5.19. The Balaban J connectivity index is 2.02. The zero-order valence-electron chi connectivity index (χ0n) is 8.30. The van der Waals surface area contributed by atoms with Crippen molar-refractivity contribution in [2.45, 2.75) is 25.7 Å². The SMILES string of the molecule is C#CCSCCN1CCCCCC1. The van der Waals surface area contributed by atoms with E-state index in [0.29, 0.717) is 0 Å². The third kappa shape index (κ3) is 5.23. The predicted octanol–water partition coefficient (Wildman–Crippen LogP) is 2.23. The zero-order chi connectivity index (χ0) is 9.36. The number of nitrogens with zero attached hydrogens (tertiary/aromatic N) is 1. The largest absolute Gasteiger partial charge is 0.303 e. The van der Waals surface area contributed by atoms with Crippen molar-refractivity contribution in [2.75, 3.05) is 31.1 Å². The quantitative estimate of drug-likeness (QED) is 0.502. The fourth-order valence-corrected chi connectivity index (χ4v) is 2.33. The van der Waals surface area contributed by atoms with Crippen molar-refractivity contribution < 1.29 is 0 Å². The smallest absolute Gasteiger partial charge is 0.0545 e. The molecule has 0 radical (unpaired) electrons. The molecule has 0 aliphatic carbocycles. The Hall–Kier alpha value is -0.130. The van der Waals surface area contributed by atoms with Crippen molar-refractivity contribution in [2.24, 2.45) is 0 Å². The molecule has 2 heteroatoms. The highest BCUT2D eigenvalue weighted by atomic mass is 32.2. The molecule has 1 nitrogen and oxygen atoms in total. The Bertz CT molecular complexity index is 154. The molecule has 1 heterocycles. The second kappa shape index (κ2) is 7.29. The number of hydrogen-bond acceptors (Lipinski definition) is 2. The highest BCUT2D eigenvalue weighted by Gasteiger charge is 2.07. The molecular weight excluding hydrogens is 178 g/mol. The summed E-state index contributed by atoms with van der Waals surface area (Å²) >= 11 is 1.88. The highest BCUT2D eigenvalue weighted by molar-refractivity contribution is 7.99. The van der Waals surface area contributed by atoms with E-state index in [9.17, 15) is 0 Å². The van der Waals surface area contributed by atoms with Gasteiger partial charge in [-0.15, -0.1) is 18.2 Å². The van der Waals surface area contributed by atoms with Crippen LogP contribution in [0.15, 0.2) is 0 Å². The minimum atomic E-state index is 0.869. The van der Waals surface area contributed by atoms with Crippen LogP contribution in [-0.4, -0.2) is 36.0 Å². The van der Waals surface area contributed by atoms with Gasteiger partial charge >= 0.3 is 0 Å². The van der Waals surface area contributed by atoms with Gasteiger partial charge in [-0.25, -0.2) is 0 Å². The minimum Gasteiger partial charge on any atom is -0.303 e. The van der Waals surface area contributed by atoms with Gasteiger partial charge in [-0.3, -0.25) is 0 Å². The molecule has 0 saturated carbocycles. The Morgan fingerprint density at radius 2 is 1.85 bits per heavy atom. The fraction of sp³-hybridized carbons (Fsp3) is 0.818. The van der Waals surface area contributed by atoms with E-state index in [4.69, 9.17) is 6.42 Å². The first-order valence-corrected chi connectivity index (χ1v) is 6.32. The van der Waals surface area contributed by atoms with Gasteiger partial charge in [-0.1, -0.05) is 18.8 Å². The molecular formula is C11H19NS. The van der Waals surface area contributed by atoms with E-state index >= 15 is 0 Å². The number of likely N-dealkylation sites (tertiary alicyclic amines) is 1. The van der Waals surface area contributed by atoms with Crippen LogP contribution < -0.4 is 0 Å². The van der Waals surface area contributed by atoms with Crippen LogP contribution in [0.5, 0.6) is 0 Å². The molecule has 0 amide bonds. The van der Waals surface area contributed by atoms with E-state index in [0.717, 1.165) is 5.75 Å². The van der Waals surface area contributed by atoms with Crippen molar-refractivity contribution in [3.63, 3.8) is 0 Å². The van der Waals surface area contributed by atoms with Gasteiger partial charge in [-0.2, -0.15) is 0 Å². The molecule has 74 valence electrons. The molecule has 0 aromatic heterocycles. The van der Waals surface area contributed by atoms with Crippen molar-refractivity contribution in [3.8, 4) is 12.3 Å². The summed E-state index contributed by atoms with van der Waals surface area (Å²) in [5.41, 5.74) is 0. The average Bonchev–Trinajstić information content (AvgIpc) is 2.41. The summed E-state index contributed by atoms with van der Waals surface area (Å²) < 4.78 is 0. The van der Waals surface area contributed by atoms with Crippen LogP contribution in [0.1, 0.15) is 25.7 Å². The maximum absolute atomic E-state index is 5.19. The Morgan fingerprint density at radius 3 is 2.46 bits per heavy atom. The highest BCUT2D eigenvalue weighted by Crippen LogP contribution is 2.10. The summed E-state index contributed by atoms with van der Waals surface area (Å²) in [5.74, 6) is 4.73. The van der Waals surface area contributed by atoms with Gasteiger partial charge in [0.2, 0.25) is 0 Å².